The van der Waals surface area contributed by atoms with Gasteiger partial charge in [0.2, 0.25) is 5.95 Å². The molecule has 0 spiro atoms. The van der Waals surface area contributed by atoms with Gasteiger partial charge in [-0.05, 0) is 36.1 Å². The molecule has 1 N–H and O–H groups in total. The quantitative estimate of drug-likeness (QED) is 0.768. The Labute approximate surface area is 153 Å². The monoisotopic (exact) mass is 348 g/mol. The number of hydrogen-bond donors (Lipinski definition) is 1. The second-order valence-electron chi connectivity index (χ2n) is 7.07. The number of aliphatic hydroxyl groups is 1. The summed E-state index contributed by atoms with van der Waals surface area (Å²) in [5.74, 6) is 0.880. The van der Waals surface area contributed by atoms with E-state index >= 15 is 0 Å². The third-order valence-electron chi connectivity index (χ3n) is 5.14. The van der Waals surface area contributed by atoms with Gasteiger partial charge in [0.05, 0.1) is 11.6 Å². The Morgan fingerprint density at radius 2 is 1.88 bits per heavy atom. The molecule has 2 atom stereocenters. The van der Waals surface area contributed by atoms with E-state index in [4.69, 9.17) is 0 Å². The SMILES string of the molecule is CCCc1cnc(N2C[C@@H](Cc3ccnc4ccccc34)[C@@H](O)C2)nc1. The molecule has 2 aromatic heterocycles. The van der Waals surface area contributed by atoms with Crippen LogP contribution in [0.25, 0.3) is 10.9 Å². The Hall–Kier alpha value is -2.53. The fraction of sp³-hybridized carbons (Fsp3) is 0.381. The fourth-order valence-corrected chi connectivity index (χ4v) is 3.76. The normalized spacial score (nSPS) is 20.0. The first-order valence-electron chi connectivity index (χ1n) is 9.31. The number of hydrogen-bond acceptors (Lipinski definition) is 5. The van der Waals surface area contributed by atoms with Gasteiger partial charge < -0.3 is 10.0 Å². The molecule has 3 aromatic rings. The summed E-state index contributed by atoms with van der Waals surface area (Å²) in [6.07, 6.45) is 8.21. The molecule has 5 nitrogen and oxygen atoms in total. The van der Waals surface area contributed by atoms with Crippen LogP contribution < -0.4 is 4.90 Å². The molecule has 0 aliphatic carbocycles. The molecule has 0 unspecified atom stereocenters. The minimum atomic E-state index is -0.374. The number of rotatable bonds is 5. The van der Waals surface area contributed by atoms with Crippen LogP contribution in [0, 0.1) is 5.92 Å². The molecule has 0 bridgehead atoms. The summed E-state index contributed by atoms with van der Waals surface area (Å²) in [4.78, 5) is 15.5. The lowest BCUT2D eigenvalue weighted by Gasteiger charge is -2.16. The van der Waals surface area contributed by atoms with Crippen molar-refractivity contribution in [2.24, 2.45) is 5.92 Å². The maximum absolute atomic E-state index is 10.6. The molecule has 1 aliphatic rings. The third kappa shape index (κ3) is 3.40. The number of fused-ring (bicyclic) bond motifs is 1. The Morgan fingerprint density at radius 1 is 1.08 bits per heavy atom. The van der Waals surface area contributed by atoms with Crippen LogP contribution in [0.3, 0.4) is 0 Å². The van der Waals surface area contributed by atoms with Crippen molar-refractivity contribution >= 4 is 16.9 Å². The summed E-state index contributed by atoms with van der Waals surface area (Å²) in [6.45, 7) is 3.50. The van der Waals surface area contributed by atoms with Gasteiger partial charge in [-0.2, -0.15) is 0 Å². The molecule has 3 heterocycles. The van der Waals surface area contributed by atoms with Gasteiger partial charge in [0.15, 0.2) is 0 Å². The number of aliphatic hydroxyl groups excluding tert-OH is 1. The molecule has 5 heteroatoms. The van der Waals surface area contributed by atoms with Crippen LogP contribution in [0.1, 0.15) is 24.5 Å². The van der Waals surface area contributed by atoms with Crippen molar-refractivity contribution < 1.29 is 5.11 Å². The van der Waals surface area contributed by atoms with Gasteiger partial charge in [-0.25, -0.2) is 9.97 Å². The van der Waals surface area contributed by atoms with Gasteiger partial charge in [0.25, 0.3) is 0 Å². The Kier molecular flexibility index (Phi) is 4.80. The summed E-state index contributed by atoms with van der Waals surface area (Å²) in [7, 11) is 0. The van der Waals surface area contributed by atoms with Gasteiger partial charge >= 0.3 is 0 Å². The number of β-amino-alcohol motifs (C(OH)–C–C–N with tert-alkyl or cyclic N) is 1. The second kappa shape index (κ2) is 7.38. The molecule has 0 saturated carbocycles. The molecule has 4 rings (SSSR count). The van der Waals surface area contributed by atoms with Crippen LogP contribution in [0.15, 0.2) is 48.9 Å². The maximum Gasteiger partial charge on any atom is 0.225 e. The van der Waals surface area contributed by atoms with Gasteiger partial charge in [0, 0.05) is 43.0 Å². The predicted octanol–water partition coefficient (Wildman–Crippen LogP) is 3.02. The molecule has 0 radical (unpaired) electrons. The van der Waals surface area contributed by atoms with E-state index in [9.17, 15) is 5.11 Å². The molecule has 26 heavy (non-hydrogen) atoms. The summed E-state index contributed by atoms with van der Waals surface area (Å²) in [6, 6.07) is 10.2. The van der Waals surface area contributed by atoms with E-state index in [2.05, 4.69) is 38.9 Å². The molecule has 1 fully saturated rings. The Bertz CT molecular complexity index is 875. The van der Waals surface area contributed by atoms with Crippen molar-refractivity contribution in [2.75, 3.05) is 18.0 Å². The fourth-order valence-electron chi connectivity index (χ4n) is 3.76. The highest BCUT2D eigenvalue weighted by molar-refractivity contribution is 5.81. The first-order chi connectivity index (χ1) is 12.7. The van der Waals surface area contributed by atoms with Crippen molar-refractivity contribution in [2.45, 2.75) is 32.3 Å². The zero-order chi connectivity index (χ0) is 17.9. The average molecular weight is 348 g/mol. The predicted molar refractivity (Wildman–Crippen MR) is 103 cm³/mol. The highest BCUT2D eigenvalue weighted by Crippen LogP contribution is 2.27. The van der Waals surface area contributed by atoms with Crippen LogP contribution in [-0.2, 0) is 12.8 Å². The van der Waals surface area contributed by atoms with Crippen molar-refractivity contribution in [3.05, 3.63) is 60.0 Å². The van der Waals surface area contributed by atoms with Crippen molar-refractivity contribution in [1.82, 2.24) is 15.0 Å². The summed E-state index contributed by atoms with van der Waals surface area (Å²) in [5.41, 5.74) is 3.40. The van der Waals surface area contributed by atoms with Gasteiger partial charge in [-0.1, -0.05) is 31.5 Å². The zero-order valence-corrected chi connectivity index (χ0v) is 15.0. The molecule has 1 aromatic carbocycles. The average Bonchev–Trinajstić information content (AvgIpc) is 3.03. The number of benzene rings is 1. The standard InChI is InChI=1S/C21H24N4O/c1-2-5-15-11-23-21(24-12-15)25-13-17(20(26)14-25)10-16-8-9-22-19-7-4-3-6-18(16)19/h3-4,6-9,11-12,17,20,26H,2,5,10,13-14H2,1H3/t17-,20+/m1/s1. The lowest BCUT2D eigenvalue weighted by molar-refractivity contribution is 0.148. The Morgan fingerprint density at radius 3 is 2.69 bits per heavy atom. The van der Waals surface area contributed by atoms with Crippen molar-refractivity contribution in [3.8, 4) is 0 Å². The lowest BCUT2D eigenvalue weighted by atomic mass is 9.94. The zero-order valence-electron chi connectivity index (χ0n) is 15.0. The summed E-state index contributed by atoms with van der Waals surface area (Å²) < 4.78 is 0. The third-order valence-corrected chi connectivity index (χ3v) is 5.14. The smallest absolute Gasteiger partial charge is 0.225 e. The molecule has 0 amide bonds. The van der Waals surface area contributed by atoms with E-state index in [0.717, 1.165) is 36.9 Å². The van der Waals surface area contributed by atoms with Crippen LogP contribution >= 0.6 is 0 Å². The number of aryl methyl sites for hydroxylation is 1. The topological polar surface area (TPSA) is 62.1 Å². The van der Waals surface area contributed by atoms with E-state index in [1.165, 1.54) is 10.9 Å². The number of aromatic nitrogens is 3. The van der Waals surface area contributed by atoms with E-state index in [1.807, 2.05) is 36.8 Å². The van der Waals surface area contributed by atoms with E-state index in [-0.39, 0.29) is 12.0 Å². The molecule has 134 valence electrons. The lowest BCUT2D eigenvalue weighted by Crippen LogP contribution is -2.23. The maximum atomic E-state index is 10.6. The van der Waals surface area contributed by atoms with Crippen LogP contribution in [0.5, 0.6) is 0 Å². The van der Waals surface area contributed by atoms with Crippen molar-refractivity contribution in [1.29, 1.82) is 0 Å². The first-order valence-corrected chi connectivity index (χ1v) is 9.31. The first kappa shape index (κ1) is 16.9. The van der Waals surface area contributed by atoms with Crippen LogP contribution in [0.4, 0.5) is 5.95 Å². The number of para-hydroxylation sites is 1. The minimum absolute atomic E-state index is 0.166. The summed E-state index contributed by atoms with van der Waals surface area (Å²) in [5, 5.41) is 11.7. The van der Waals surface area contributed by atoms with Gasteiger partial charge in [-0.15, -0.1) is 0 Å². The van der Waals surface area contributed by atoms with E-state index in [1.54, 1.807) is 0 Å². The molecular formula is C21H24N4O. The van der Waals surface area contributed by atoms with Gasteiger partial charge in [-0.3, -0.25) is 4.98 Å². The summed E-state index contributed by atoms with van der Waals surface area (Å²) >= 11 is 0. The van der Waals surface area contributed by atoms with Crippen molar-refractivity contribution in [3.63, 3.8) is 0 Å². The van der Waals surface area contributed by atoms with E-state index < -0.39 is 0 Å². The largest absolute Gasteiger partial charge is 0.391 e. The second-order valence-corrected chi connectivity index (χ2v) is 7.07. The van der Waals surface area contributed by atoms with Crippen LogP contribution in [0.2, 0.25) is 0 Å². The number of anilines is 1. The Balaban J connectivity index is 1.50. The molecular weight excluding hydrogens is 324 g/mol. The van der Waals surface area contributed by atoms with Crippen LogP contribution in [-0.4, -0.2) is 39.3 Å². The highest BCUT2D eigenvalue weighted by atomic mass is 16.3. The van der Waals surface area contributed by atoms with E-state index in [0.29, 0.717) is 12.5 Å². The minimum Gasteiger partial charge on any atom is -0.391 e. The number of nitrogens with zero attached hydrogens (tertiary/aromatic N) is 4. The van der Waals surface area contributed by atoms with Gasteiger partial charge in [0.1, 0.15) is 0 Å². The highest BCUT2D eigenvalue weighted by Gasteiger charge is 2.33. The molecule has 1 saturated heterocycles. The number of pyridine rings is 1. The molecule has 1 aliphatic heterocycles.